The van der Waals surface area contributed by atoms with E-state index < -0.39 is 6.09 Å². The van der Waals surface area contributed by atoms with E-state index in [-0.39, 0.29) is 0 Å². The number of hydrogen-bond donors (Lipinski definition) is 3. The van der Waals surface area contributed by atoms with Gasteiger partial charge in [-0.3, -0.25) is 0 Å². The maximum Gasteiger partial charge on any atom is 0.410 e. The van der Waals surface area contributed by atoms with E-state index >= 15 is 0 Å². The van der Waals surface area contributed by atoms with E-state index in [1.807, 2.05) is 13.0 Å². The van der Waals surface area contributed by atoms with Crippen LogP contribution in [0.2, 0.25) is 0 Å². The topological polar surface area (TPSA) is 110 Å². The summed E-state index contributed by atoms with van der Waals surface area (Å²) in [7, 11) is 0. The molecule has 0 saturated heterocycles. The third-order valence-corrected chi connectivity index (χ3v) is 2.90. The molecule has 0 aliphatic rings. The zero-order chi connectivity index (χ0) is 14.1. The molecule has 4 N–H and O–H groups in total. The molecule has 20 heavy (non-hydrogen) atoms. The lowest BCUT2D eigenvalue weighted by Gasteiger charge is -1.99. The molecule has 0 fully saturated rings. The first-order chi connectivity index (χ1) is 9.67. The van der Waals surface area contributed by atoms with Crippen molar-refractivity contribution in [2.45, 2.75) is 13.3 Å². The Labute approximate surface area is 114 Å². The Morgan fingerprint density at radius 3 is 2.95 bits per heavy atom. The van der Waals surface area contributed by atoms with Crippen LogP contribution >= 0.6 is 0 Å². The number of hydrogen-bond acceptors (Lipinski definition) is 4. The van der Waals surface area contributed by atoms with Crippen LogP contribution in [0.3, 0.4) is 0 Å². The minimum atomic E-state index is -0.864. The number of carbonyl (C=O) groups excluding carboxylic acids is 1. The van der Waals surface area contributed by atoms with Gasteiger partial charge in [-0.2, -0.15) is 0 Å². The van der Waals surface area contributed by atoms with E-state index in [1.54, 1.807) is 18.3 Å². The number of benzene rings is 1. The summed E-state index contributed by atoms with van der Waals surface area (Å²) in [6, 6.07) is 5.24. The average molecular weight is 271 g/mol. The summed E-state index contributed by atoms with van der Waals surface area (Å²) in [5.74, 6) is 1.84. The normalized spacial score (nSPS) is 10.8. The van der Waals surface area contributed by atoms with Crippen LogP contribution in [0.5, 0.6) is 5.75 Å². The quantitative estimate of drug-likeness (QED) is 0.676. The summed E-state index contributed by atoms with van der Waals surface area (Å²) in [5.41, 5.74) is 7.13. The number of primary amides is 1. The number of rotatable bonds is 3. The summed E-state index contributed by atoms with van der Waals surface area (Å²) < 4.78 is 4.93. The third-order valence-electron chi connectivity index (χ3n) is 2.90. The van der Waals surface area contributed by atoms with Crippen molar-refractivity contribution in [1.29, 1.82) is 0 Å². The lowest BCUT2D eigenvalue weighted by molar-refractivity contribution is 0.211. The molecule has 2 heterocycles. The second-order valence-corrected chi connectivity index (χ2v) is 4.26. The maximum absolute atomic E-state index is 10.9. The highest BCUT2D eigenvalue weighted by Gasteiger charge is 2.12. The van der Waals surface area contributed by atoms with E-state index in [0.29, 0.717) is 17.1 Å². The molecule has 3 aromatic rings. The number of nitrogens with zero attached hydrogens (tertiary/aromatic N) is 2. The second-order valence-electron chi connectivity index (χ2n) is 4.26. The fraction of sp³-hybridized carbons (Fsp3) is 0.154. The zero-order valence-electron chi connectivity index (χ0n) is 10.8. The van der Waals surface area contributed by atoms with Gasteiger partial charge in [0.25, 0.3) is 0 Å². The van der Waals surface area contributed by atoms with Gasteiger partial charge in [-0.15, -0.1) is 0 Å². The lowest BCUT2D eigenvalue weighted by Crippen LogP contribution is -2.16. The minimum absolute atomic E-state index is 0.327. The van der Waals surface area contributed by atoms with Gasteiger partial charge in [-0.1, -0.05) is 13.0 Å². The van der Waals surface area contributed by atoms with E-state index in [9.17, 15) is 4.79 Å². The van der Waals surface area contributed by atoms with Gasteiger partial charge in [-0.25, -0.2) is 14.8 Å². The molecule has 0 radical (unpaired) electrons. The van der Waals surface area contributed by atoms with Crippen LogP contribution in [0.4, 0.5) is 4.79 Å². The number of carbonyl (C=O) groups is 1. The number of aromatic nitrogens is 4. The number of nitrogens with two attached hydrogens (primary N) is 1. The van der Waals surface area contributed by atoms with E-state index in [4.69, 9.17) is 10.5 Å². The molecule has 7 heteroatoms. The smallest absolute Gasteiger partial charge is 0.408 e. The molecule has 0 spiro atoms. The van der Waals surface area contributed by atoms with Crippen LogP contribution in [0.15, 0.2) is 24.4 Å². The maximum atomic E-state index is 10.9. The van der Waals surface area contributed by atoms with Gasteiger partial charge >= 0.3 is 6.09 Å². The molecule has 0 atom stereocenters. The van der Waals surface area contributed by atoms with Crippen LogP contribution in [0, 0.1) is 0 Å². The van der Waals surface area contributed by atoms with Crippen LogP contribution in [0.25, 0.3) is 22.6 Å². The Morgan fingerprint density at radius 1 is 1.40 bits per heavy atom. The highest BCUT2D eigenvalue weighted by Crippen LogP contribution is 2.26. The van der Waals surface area contributed by atoms with E-state index in [2.05, 4.69) is 19.9 Å². The molecular weight excluding hydrogens is 258 g/mol. The number of H-pyrrole nitrogens is 2. The zero-order valence-corrected chi connectivity index (χ0v) is 10.8. The summed E-state index contributed by atoms with van der Waals surface area (Å²) in [5, 5.41) is 0. The van der Waals surface area contributed by atoms with Crippen LogP contribution in [0.1, 0.15) is 12.7 Å². The first-order valence-corrected chi connectivity index (χ1v) is 6.17. The number of para-hydroxylation sites is 1. The standard InChI is InChI=1S/C13H13N5O2/c1-2-10-15-6-8(16-10)12-17-7-4-3-5-9(11(7)18-12)20-13(14)19/h3-6H,2H2,1H3,(H2,14,19)(H,15,16)(H,17,18). The molecule has 102 valence electrons. The molecule has 0 saturated carbocycles. The highest BCUT2D eigenvalue weighted by atomic mass is 16.5. The van der Waals surface area contributed by atoms with E-state index in [1.165, 1.54) is 0 Å². The third kappa shape index (κ3) is 2.09. The van der Waals surface area contributed by atoms with Gasteiger partial charge in [0.2, 0.25) is 0 Å². The van der Waals surface area contributed by atoms with Crippen LogP contribution in [-0.2, 0) is 6.42 Å². The minimum Gasteiger partial charge on any atom is -0.408 e. The molecule has 7 nitrogen and oxygen atoms in total. The van der Waals surface area contributed by atoms with Gasteiger partial charge in [0.05, 0.1) is 11.7 Å². The van der Waals surface area contributed by atoms with Crippen LogP contribution < -0.4 is 10.5 Å². The van der Waals surface area contributed by atoms with Gasteiger partial charge in [-0.05, 0) is 12.1 Å². The Kier molecular flexibility index (Phi) is 2.86. The molecule has 1 amide bonds. The van der Waals surface area contributed by atoms with Crippen molar-refractivity contribution in [1.82, 2.24) is 19.9 Å². The lowest BCUT2D eigenvalue weighted by atomic mass is 10.3. The number of aromatic amines is 2. The molecule has 0 aliphatic heterocycles. The first kappa shape index (κ1) is 12.2. The van der Waals surface area contributed by atoms with Crippen molar-refractivity contribution in [3.63, 3.8) is 0 Å². The molecule has 2 aromatic heterocycles. The average Bonchev–Trinajstić information content (AvgIpc) is 3.04. The summed E-state index contributed by atoms with van der Waals surface area (Å²) in [6.07, 6.45) is 1.67. The predicted octanol–water partition coefficient (Wildman–Crippen LogP) is 1.97. The highest BCUT2D eigenvalue weighted by molar-refractivity contribution is 5.86. The SMILES string of the molecule is CCc1ncc(-c2nc3c(OC(N)=O)cccc3[nH]2)[nH]1. The number of nitrogens with one attached hydrogen (secondary N) is 2. The fourth-order valence-electron chi connectivity index (χ4n) is 1.99. The first-order valence-electron chi connectivity index (χ1n) is 6.17. The van der Waals surface area contributed by atoms with Crippen LogP contribution in [-0.4, -0.2) is 26.0 Å². The molecular formula is C13H13N5O2. The van der Waals surface area contributed by atoms with Gasteiger partial charge in [0, 0.05) is 6.42 Å². The molecule has 1 aromatic carbocycles. The monoisotopic (exact) mass is 271 g/mol. The largest absolute Gasteiger partial charge is 0.410 e. The van der Waals surface area contributed by atoms with E-state index in [0.717, 1.165) is 23.5 Å². The Balaban J connectivity index is 2.08. The molecule has 3 rings (SSSR count). The Morgan fingerprint density at radius 2 is 2.25 bits per heavy atom. The summed E-state index contributed by atoms with van der Waals surface area (Å²) in [6.45, 7) is 2.01. The van der Waals surface area contributed by atoms with Gasteiger partial charge < -0.3 is 20.4 Å². The number of fused-ring (bicyclic) bond motifs is 1. The number of ether oxygens (including phenoxy) is 1. The fourth-order valence-corrected chi connectivity index (χ4v) is 1.99. The van der Waals surface area contributed by atoms with Crippen molar-refractivity contribution >= 4 is 17.1 Å². The number of amides is 1. The van der Waals surface area contributed by atoms with Crippen molar-refractivity contribution in [3.05, 3.63) is 30.2 Å². The summed E-state index contributed by atoms with van der Waals surface area (Å²) in [4.78, 5) is 25.8. The van der Waals surface area contributed by atoms with Crippen molar-refractivity contribution in [2.24, 2.45) is 5.73 Å². The summed E-state index contributed by atoms with van der Waals surface area (Å²) >= 11 is 0. The van der Waals surface area contributed by atoms with Gasteiger partial charge in [0.15, 0.2) is 11.6 Å². The van der Waals surface area contributed by atoms with Crippen molar-refractivity contribution < 1.29 is 9.53 Å². The number of aryl methyl sites for hydroxylation is 1. The van der Waals surface area contributed by atoms with Crippen molar-refractivity contribution in [3.8, 4) is 17.3 Å². The number of imidazole rings is 2. The second kappa shape index (κ2) is 4.69. The molecule has 0 bridgehead atoms. The Hall–Kier alpha value is -2.83. The van der Waals surface area contributed by atoms with Gasteiger partial charge in [0.1, 0.15) is 17.0 Å². The Bertz CT molecular complexity index is 774. The predicted molar refractivity (Wildman–Crippen MR) is 73.3 cm³/mol. The molecule has 0 aliphatic carbocycles. The molecule has 0 unspecified atom stereocenters. The van der Waals surface area contributed by atoms with Crippen molar-refractivity contribution in [2.75, 3.05) is 0 Å².